The fourth-order valence-corrected chi connectivity index (χ4v) is 1.71. The maximum absolute atomic E-state index is 10.8. The molecule has 0 amide bonds. The van der Waals surface area contributed by atoms with Gasteiger partial charge < -0.3 is 0 Å². The van der Waals surface area contributed by atoms with Crippen molar-refractivity contribution in [1.29, 1.82) is 0 Å². The lowest BCUT2D eigenvalue weighted by Gasteiger charge is -2.04. The molecule has 3 nitrogen and oxygen atoms in total. The molecule has 0 saturated carbocycles. The summed E-state index contributed by atoms with van der Waals surface area (Å²) in [6, 6.07) is 6.84. The predicted octanol–water partition coefficient (Wildman–Crippen LogP) is 2.99. The number of aromatic nitrogens is 2. The average molecular weight is 241 g/mol. The first kappa shape index (κ1) is 10.2. The molecule has 2 aromatic rings. The van der Waals surface area contributed by atoms with Gasteiger partial charge in [0.15, 0.2) is 6.29 Å². The molecule has 0 radical (unpaired) electrons. The highest BCUT2D eigenvalue weighted by molar-refractivity contribution is 6.42. The van der Waals surface area contributed by atoms with E-state index in [0.717, 1.165) is 0 Å². The molecule has 2 heterocycles. The van der Waals surface area contributed by atoms with Crippen molar-refractivity contribution >= 4 is 29.5 Å². The molecule has 0 unspecified atom stereocenters. The molecule has 0 aliphatic rings. The number of nitrogens with zero attached hydrogens (tertiary/aromatic N) is 2. The highest BCUT2D eigenvalue weighted by atomic mass is 35.5. The van der Waals surface area contributed by atoms with Gasteiger partial charge in [0.2, 0.25) is 0 Å². The van der Waals surface area contributed by atoms with Gasteiger partial charge in [0.25, 0.3) is 0 Å². The largest absolute Gasteiger partial charge is 0.296 e. The van der Waals surface area contributed by atoms with Crippen molar-refractivity contribution in [1.82, 2.24) is 9.55 Å². The van der Waals surface area contributed by atoms with Gasteiger partial charge in [0.05, 0.1) is 10.7 Å². The van der Waals surface area contributed by atoms with Crippen LogP contribution < -0.4 is 0 Å². The van der Waals surface area contributed by atoms with Gasteiger partial charge in [-0.1, -0.05) is 29.3 Å². The lowest BCUT2D eigenvalue weighted by molar-refractivity contribution is 0.111. The van der Waals surface area contributed by atoms with Crippen LogP contribution in [0.3, 0.4) is 0 Å². The third kappa shape index (κ3) is 1.76. The topological polar surface area (TPSA) is 34.9 Å². The molecule has 0 N–H and O–H groups in total. The van der Waals surface area contributed by atoms with Crippen LogP contribution in [-0.2, 0) is 0 Å². The smallest absolute Gasteiger partial charge is 0.166 e. The first-order valence-electron chi connectivity index (χ1n) is 4.17. The second-order valence-electron chi connectivity index (χ2n) is 2.85. The predicted molar refractivity (Wildman–Crippen MR) is 59.0 cm³/mol. The van der Waals surface area contributed by atoms with Crippen molar-refractivity contribution in [2.24, 2.45) is 0 Å². The number of hydrogen-bond acceptors (Lipinski definition) is 2. The van der Waals surface area contributed by atoms with E-state index in [0.29, 0.717) is 22.8 Å². The molecule has 0 aliphatic carbocycles. The Morgan fingerprint density at radius 1 is 1.33 bits per heavy atom. The number of pyridine rings is 1. The Kier molecular flexibility index (Phi) is 2.75. The van der Waals surface area contributed by atoms with Gasteiger partial charge in [0, 0.05) is 6.20 Å². The van der Waals surface area contributed by atoms with Gasteiger partial charge in [-0.25, -0.2) is 4.98 Å². The van der Waals surface area contributed by atoms with Gasteiger partial charge in [-0.05, 0) is 18.2 Å². The van der Waals surface area contributed by atoms with Crippen LogP contribution in [0.25, 0.3) is 5.82 Å². The summed E-state index contributed by atoms with van der Waals surface area (Å²) >= 11 is 11.8. The Balaban J connectivity index is 2.66. The van der Waals surface area contributed by atoms with Gasteiger partial charge in [-0.3, -0.25) is 9.36 Å². The fourth-order valence-electron chi connectivity index (χ4n) is 1.28. The van der Waals surface area contributed by atoms with Crippen molar-refractivity contribution in [2.45, 2.75) is 0 Å². The van der Waals surface area contributed by atoms with E-state index in [1.165, 1.54) is 10.6 Å². The standard InChI is InChI=1S/C10H6Cl2N2O/c11-8-5-7(6-15)14(10(8)12)9-3-1-2-4-13-9/h1-6H. The van der Waals surface area contributed by atoms with Crippen LogP contribution in [0.1, 0.15) is 10.5 Å². The molecule has 5 heteroatoms. The van der Waals surface area contributed by atoms with E-state index < -0.39 is 0 Å². The van der Waals surface area contributed by atoms with Crippen LogP contribution in [0.5, 0.6) is 0 Å². The first-order valence-corrected chi connectivity index (χ1v) is 4.93. The molecular formula is C10H6Cl2N2O. The third-order valence-electron chi connectivity index (χ3n) is 1.93. The Labute approximate surface area is 96.3 Å². The van der Waals surface area contributed by atoms with Crippen molar-refractivity contribution in [2.75, 3.05) is 0 Å². The van der Waals surface area contributed by atoms with E-state index in [9.17, 15) is 4.79 Å². The van der Waals surface area contributed by atoms with E-state index in [4.69, 9.17) is 23.2 Å². The Hall–Kier alpha value is -1.32. The number of halogens is 2. The molecule has 0 bridgehead atoms. The molecule has 15 heavy (non-hydrogen) atoms. The lowest BCUT2D eigenvalue weighted by atomic mass is 10.4. The molecular weight excluding hydrogens is 235 g/mol. The maximum Gasteiger partial charge on any atom is 0.166 e. The maximum atomic E-state index is 10.8. The zero-order chi connectivity index (χ0) is 10.8. The van der Waals surface area contributed by atoms with Crippen LogP contribution in [0.4, 0.5) is 0 Å². The van der Waals surface area contributed by atoms with Crippen molar-refractivity contribution in [3.63, 3.8) is 0 Å². The number of rotatable bonds is 2. The molecule has 2 rings (SSSR count). The zero-order valence-corrected chi connectivity index (χ0v) is 9.03. The quantitative estimate of drug-likeness (QED) is 0.757. The molecule has 0 fully saturated rings. The summed E-state index contributed by atoms with van der Waals surface area (Å²) in [6.45, 7) is 0. The lowest BCUT2D eigenvalue weighted by Crippen LogP contribution is -2.00. The van der Waals surface area contributed by atoms with Gasteiger partial charge in [0.1, 0.15) is 11.0 Å². The number of hydrogen-bond donors (Lipinski definition) is 0. The summed E-state index contributed by atoms with van der Waals surface area (Å²) in [5, 5.41) is 0.627. The minimum atomic E-state index is 0.289. The highest BCUT2D eigenvalue weighted by Crippen LogP contribution is 2.28. The van der Waals surface area contributed by atoms with Crippen LogP contribution in [0.2, 0.25) is 10.2 Å². The highest BCUT2D eigenvalue weighted by Gasteiger charge is 2.13. The summed E-state index contributed by atoms with van der Waals surface area (Å²) in [4.78, 5) is 14.9. The summed E-state index contributed by atoms with van der Waals surface area (Å²) < 4.78 is 1.50. The second-order valence-corrected chi connectivity index (χ2v) is 3.61. The van der Waals surface area contributed by atoms with E-state index in [-0.39, 0.29) is 5.15 Å². The van der Waals surface area contributed by atoms with E-state index in [1.807, 2.05) is 0 Å². The number of carbonyl (C=O) groups excluding carboxylic acids is 1. The summed E-state index contributed by atoms with van der Waals surface area (Å²) in [6.07, 6.45) is 2.31. The Bertz CT molecular complexity index is 494. The molecule has 0 saturated heterocycles. The minimum Gasteiger partial charge on any atom is -0.296 e. The monoisotopic (exact) mass is 240 g/mol. The zero-order valence-electron chi connectivity index (χ0n) is 7.52. The molecule has 76 valence electrons. The van der Waals surface area contributed by atoms with Crippen LogP contribution in [0, 0.1) is 0 Å². The Morgan fingerprint density at radius 3 is 2.73 bits per heavy atom. The average Bonchev–Trinajstić information content (AvgIpc) is 2.56. The third-order valence-corrected chi connectivity index (χ3v) is 2.68. The van der Waals surface area contributed by atoms with Crippen LogP contribution >= 0.6 is 23.2 Å². The van der Waals surface area contributed by atoms with E-state index >= 15 is 0 Å². The number of carbonyl (C=O) groups is 1. The SMILES string of the molecule is O=Cc1cc(Cl)c(Cl)n1-c1ccccn1. The second kappa shape index (κ2) is 4.04. The van der Waals surface area contributed by atoms with Crippen molar-refractivity contribution in [3.05, 3.63) is 46.3 Å². The molecule has 0 aliphatic heterocycles. The molecule has 0 aromatic carbocycles. The van der Waals surface area contributed by atoms with Crippen molar-refractivity contribution < 1.29 is 4.79 Å². The molecule has 0 atom stereocenters. The number of aldehydes is 1. The summed E-state index contributed by atoms with van der Waals surface area (Å²) in [5.41, 5.74) is 0.378. The first-order chi connectivity index (χ1) is 7.24. The van der Waals surface area contributed by atoms with Gasteiger partial charge in [-0.2, -0.15) is 0 Å². The van der Waals surface area contributed by atoms with Crippen LogP contribution in [0.15, 0.2) is 30.5 Å². The van der Waals surface area contributed by atoms with Gasteiger partial charge in [-0.15, -0.1) is 0 Å². The normalized spacial score (nSPS) is 10.3. The van der Waals surface area contributed by atoms with Crippen LogP contribution in [-0.4, -0.2) is 15.8 Å². The summed E-state index contributed by atoms with van der Waals surface area (Å²) in [7, 11) is 0. The van der Waals surface area contributed by atoms with Gasteiger partial charge >= 0.3 is 0 Å². The van der Waals surface area contributed by atoms with E-state index in [2.05, 4.69) is 4.98 Å². The minimum absolute atomic E-state index is 0.289. The molecule has 2 aromatic heterocycles. The fraction of sp³-hybridized carbons (Fsp3) is 0. The Morgan fingerprint density at radius 2 is 2.13 bits per heavy atom. The molecule has 0 spiro atoms. The summed E-state index contributed by atoms with van der Waals surface area (Å²) in [5.74, 6) is 0.566. The van der Waals surface area contributed by atoms with E-state index in [1.54, 1.807) is 24.4 Å². The van der Waals surface area contributed by atoms with Crippen molar-refractivity contribution in [3.8, 4) is 5.82 Å².